The van der Waals surface area contributed by atoms with Crippen molar-refractivity contribution in [3.63, 3.8) is 0 Å². The maximum Gasteiger partial charge on any atom is 0.153 e. The van der Waals surface area contributed by atoms with Crippen LogP contribution >= 0.6 is 0 Å². The summed E-state index contributed by atoms with van der Waals surface area (Å²) >= 11 is 0. The Morgan fingerprint density at radius 2 is 2.04 bits per heavy atom. The van der Waals surface area contributed by atoms with Gasteiger partial charge in [-0.05, 0) is 54.8 Å². The van der Waals surface area contributed by atoms with Crippen molar-refractivity contribution in [3.8, 4) is 11.1 Å². The molecule has 1 aliphatic rings. The SMILES string of the molecule is Nc1n[nH]c2ccc(-c3ccnc4[nH]c(C5CCCCN5)cc34)cc12. The van der Waals surface area contributed by atoms with Gasteiger partial charge in [0.2, 0.25) is 0 Å². The third-order valence-electron chi connectivity index (χ3n) is 5.14. The molecule has 5 N–H and O–H groups in total. The molecule has 1 fully saturated rings. The molecule has 1 atom stereocenters. The van der Waals surface area contributed by atoms with E-state index in [1.165, 1.54) is 25.0 Å². The van der Waals surface area contributed by atoms with E-state index in [0.29, 0.717) is 11.9 Å². The molecule has 0 bridgehead atoms. The van der Waals surface area contributed by atoms with Crippen LogP contribution in [0.4, 0.5) is 5.82 Å². The number of H-pyrrole nitrogens is 2. The first-order chi connectivity index (χ1) is 12.3. The van der Waals surface area contributed by atoms with Gasteiger partial charge in [-0.3, -0.25) is 5.10 Å². The number of nitrogens with two attached hydrogens (primary N) is 1. The summed E-state index contributed by atoms with van der Waals surface area (Å²) in [5.74, 6) is 0.531. The minimum atomic E-state index is 0.391. The van der Waals surface area contributed by atoms with E-state index in [-0.39, 0.29) is 0 Å². The number of anilines is 1. The third kappa shape index (κ3) is 2.37. The Morgan fingerprint density at radius 1 is 1.08 bits per heavy atom. The minimum absolute atomic E-state index is 0.391. The van der Waals surface area contributed by atoms with Crippen LogP contribution in [0.15, 0.2) is 36.5 Å². The van der Waals surface area contributed by atoms with Crippen molar-refractivity contribution in [1.29, 1.82) is 0 Å². The highest BCUT2D eigenvalue weighted by Gasteiger charge is 2.18. The van der Waals surface area contributed by atoms with E-state index in [1.807, 2.05) is 12.3 Å². The summed E-state index contributed by atoms with van der Waals surface area (Å²) in [5, 5.41) is 12.7. The summed E-state index contributed by atoms with van der Waals surface area (Å²) in [6, 6.07) is 10.9. The number of benzene rings is 1. The van der Waals surface area contributed by atoms with Gasteiger partial charge in [0.25, 0.3) is 0 Å². The number of nitrogens with zero attached hydrogens (tertiary/aromatic N) is 2. The smallest absolute Gasteiger partial charge is 0.153 e. The van der Waals surface area contributed by atoms with E-state index in [0.717, 1.165) is 39.6 Å². The van der Waals surface area contributed by atoms with Gasteiger partial charge in [0.05, 0.1) is 5.52 Å². The molecule has 6 heteroatoms. The molecule has 0 aliphatic carbocycles. The monoisotopic (exact) mass is 332 g/mol. The molecule has 1 saturated heterocycles. The molecule has 126 valence electrons. The number of piperidine rings is 1. The number of aromatic nitrogens is 4. The van der Waals surface area contributed by atoms with Crippen molar-refractivity contribution in [3.05, 3.63) is 42.2 Å². The van der Waals surface area contributed by atoms with Gasteiger partial charge in [0.1, 0.15) is 5.65 Å². The molecule has 5 rings (SSSR count). The lowest BCUT2D eigenvalue weighted by Gasteiger charge is -2.22. The predicted octanol–water partition coefficient (Wildman–Crippen LogP) is 3.50. The molecule has 0 spiro atoms. The lowest BCUT2D eigenvalue weighted by molar-refractivity contribution is 0.407. The molecular formula is C19H20N6. The molecule has 4 aromatic rings. The van der Waals surface area contributed by atoms with E-state index < -0.39 is 0 Å². The molecule has 4 heterocycles. The molecule has 25 heavy (non-hydrogen) atoms. The van der Waals surface area contributed by atoms with Crippen LogP contribution < -0.4 is 11.1 Å². The van der Waals surface area contributed by atoms with E-state index >= 15 is 0 Å². The Bertz CT molecular complexity index is 1050. The van der Waals surface area contributed by atoms with Crippen molar-refractivity contribution in [2.24, 2.45) is 0 Å². The molecule has 6 nitrogen and oxygen atoms in total. The van der Waals surface area contributed by atoms with Crippen LogP contribution in [-0.2, 0) is 0 Å². The number of hydrogen-bond donors (Lipinski definition) is 4. The van der Waals surface area contributed by atoms with Crippen molar-refractivity contribution in [2.75, 3.05) is 12.3 Å². The summed E-state index contributed by atoms with van der Waals surface area (Å²) in [7, 11) is 0. The number of nitrogen functional groups attached to an aromatic ring is 1. The van der Waals surface area contributed by atoms with E-state index in [4.69, 9.17) is 5.73 Å². The van der Waals surface area contributed by atoms with E-state index in [9.17, 15) is 0 Å². The van der Waals surface area contributed by atoms with Gasteiger partial charge in [-0.15, -0.1) is 0 Å². The van der Waals surface area contributed by atoms with Gasteiger partial charge in [-0.25, -0.2) is 4.98 Å². The number of nitrogens with one attached hydrogen (secondary N) is 3. The number of rotatable bonds is 2. The van der Waals surface area contributed by atoms with Crippen LogP contribution in [0.2, 0.25) is 0 Å². The average Bonchev–Trinajstić information content (AvgIpc) is 3.26. The normalized spacial score (nSPS) is 18.2. The highest BCUT2D eigenvalue weighted by molar-refractivity contribution is 5.98. The molecule has 0 radical (unpaired) electrons. The molecule has 3 aromatic heterocycles. The van der Waals surface area contributed by atoms with Crippen LogP contribution in [0, 0.1) is 0 Å². The summed E-state index contributed by atoms with van der Waals surface area (Å²) < 4.78 is 0. The maximum absolute atomic E-state index is 5.97. The summed E-state index contributed by atoms with van der Waals surface area (Å²) in [6.07, 6.45) is 5.55. The second-order valence-corrected chi connectivity index (χ2v) is 6.72. The zero-order valence-electron chi connectivity index (χ0n) is 13.8. The average molecular weight is 332 g/mol. The molecule has 0 saturated carbocycles. The van der Waals surface area contributed by atoms with Gasteiger partial charge >= 0.3 is 0 Å². The first-order valence-corrected chi connectivity index (χ1v) is 8.74. The fourth-order valence-electron chi connectivity index (χ4n) is 3.81. The summed E-state index contributed by atoms with van der Waals surface area (Å²) in [6.45, 7) is 1.08. The van der Waals surface area contributed by atoms with Gasteiger partial charge in [0, 0.05) is 28.7 Å². The molecular weight excluding hydrogens is 312 g/mol. The van der Waals surface area contributed by atoms with Gasteiger partial charge < -0.3 is 16.0 Å². The quantitative estimate of drug-likeness (QED) is 0.452. The number of hydrogen-bond acceptors (Lipinski definition) is 4. The van der Waals surface area contributed by atoms with E-state index in [1.54, 1.807) is 0 Å². The van der Waals surface area contributed by atoms with E-state index in [2.05, 4.69) is 49.7 Å². The predicted molar refractivity (Wildman–Crippen MR) is 100 cm³/mol. The Hall–Kier alpha value is -2.86. The Morgan fingerprint density at radius 3 is 2.92 bits per heavy atom. The number of pyridine rings is 1. The fourth-order valence-corrected chi connectivity index (χ4v) is 3.81. The summed E-state index contributed by atoms with van der Waals surface area (Å²) in [4.78, 5) is 8.03. The molecule has 1 aliphatic heterocycles. The van der Waals surface area contributed by atoms with Gasteiger partial charge in [0.15, 0.2) is 5.82 Å². The Balaban J connectivity index is 1.64. The van der Waals surface area contributed by atoms with Crippen LogP contribution in [0.3, 0.4) is 0 Å². The highest BCUT2D eigenvalue weighted by atomic mass is 15.1. The van der Waals surface area contributed by atoms with Crippen LogP contribution in [0.25, 0.3) is 33.1 Å². The lowest BCUT2D eigenvalue weighted by atomic mass is 10.00. The maximum atomic E-state index is 5.97. The summed E-state index contributed by atoms with van der Waals surface area (Å²) in [5.41, 5.74) is 11.4. The van der Waals surface area contributed by atoms with Crippen molar-refractivity contribution < 1.29 is 0 Å². The van der Waals surface area contributed by atoms with Crippen molar-refractivity contribution >= 4 is 27.8 Å². The zero-order valence-corrected chi connectivity index (χ0v) is 13.8. The van der Waals surface area contributed by atoms with Crippen molar-refractivity contribution in [2.45, 2.75) is 25.3 Å². The number of fused-ring (bicyclic) bond motifs is 2. The lowest BCUT2D eigenvalue weighted by Crippen LogP contribution is -2.26. The second-order valence-electron chi connectivity index (χ2n) is 6.72. The Kier molecular flexibility index (Phi) is 3.24. The topological polar surface area (TPSA) is 95.4 Å². The molecule has 0 amide bonds. The van der Waals surface area contributed by atoms with Crippen molar-refractivity contribution in [1.82, 2.24) is 25.5 Å². The number of aromatic amines is 2. The fraction of sp³-hybridized carbons (Fsp3) is 0.263. The van der Waals surface area contributed by atoms with Gasteiger partial charge in [-0.1, -0.05) is 12.5 Å². The highest BCUT2D eigenvalue weighted by Crippen LogP contribution is 2.33. The minimum Gasteiger partial charge on any atom is -0.382 e. The molecule has 1 unspecified atom stereocenters. The Labute approximate surface area is 144 Å². The largest absolute Gasteiger partial charge is 0.382 e. The standard InChI is InChI=1S/C19H20N6/c20-18-14-9-11(4-5-15(14)24-25-18)12-6-8-22-19-13(12)10-17(23-19)16-3-1-2-7-21-16/h4-6,8-10,16,21H,1-3,7H2,(H,22,23)(H3,20,24,25). The molecule has 1 aromatic carbocycles. The van der Waals surface area contributed by atoms with Crippen LogP contribution in [0.5, 0.6) is 0 Å². The van der Waals surface area contributed by atoms with Crippen LogP contribution in [-0.4, -0.2) is 26.7 Å². The van der Waals surface area contributed by atoms with Gasteiger partial charge in [-0.2, -0.15) is 5.10 Å². The zero-order chi connectivity index (χ0) is 16.8. The third-order valence-corrected chi connectivity index (χ3v) is 5.14. The first-order valence-electron chi connectivity index (χ1n) is 8.74. The first kappa shape index (κ1) is 14.5. The van der Waals surface area contributed by atoms with Crippen LogP contribution in [0.1, 0.15) is 31.0 Å². The second kappa shape index (κ2) is 5.60.